The zero-order valence-corrected chi connectivity index (χ0v) is 13.9. The maximum atomic E-state index is 10.9. The van der Waals surface area contributed by atoms with Gasteiger partial charge in [-0.25, -0.2) is 4.98 Å². The molecule has 2 heterocycles. The van der Waals surface area contributed by atoms with Crippen LogP contribution in [0.15, 0.2) is 34.2 Å². The Morgan fingerprint density at radius 2 is 2.25 bits per heavy atom. The van der Waals surface area contributed by atoms with Crippen LogP contribution in [0.3, 0.4) is 0 Å². The number of nitrogens with zero attached hydrogens (tertiary/aromatic N) is 4. The molecule has 0 radical (unpaired) electrons. The molecule has 0 aliphatic carbocycles. The van der Waals surface area contributed by atoms with Crippen LogP contribution in [0.5, 0.6) is 0 Å². The van der Waals surface area contributed by atoms with Crippen molar-refractivity contribution in [3.63, 3.8) is 0 Å². The van der Waals surface area contributed by atoms with Gasteiger partial charge in [-0.3, -0.25) is 10.1 Å². The molecule has 0 amide bonds. The first-order valence-electron chi connectivity index (χ1n) is 7.27. The van der Waals surface area contributed by atoms with Crippen molar-refractivity contribution >= 4 is 17.0 Å². The second-order valence-electron chi connectivity index (χ2n) is 5.25. The van der Waals surface area contributed by atoms with Gasteiger partial charge in [0.25, 0.3) is 11.6 Å². The van der Waals surface area contributed by atoms with E-state index in [0.29, 0.717) is 34.4 Å². The Labute approximate surface area is 141 Å². The number of hydrogen-bond donors (Lipinski definition) is 1. The van der Waals surface area contributed by atoms with Crippen LogP contribution in [0.1, 0.15) is 12.7 Å². The summed E-state index contributed by atoms with van der Waals surface area (Å²) in [5, 5.41) is 20.4. The predicted molar refractivity (Wildman–Crippen MR) is 89.7 cm³/mol. The number of likely N-dealkylation sites (N-methyl/N-ethyl adjacent to an activating group) is 1. The molecule has 1 N–H and O–H groups in total. The van der Waals surface area contributed by atoms with Crippen molar-refractivity contribution in [2.75, 3.05) is 7.05 Å². The third kappa shape index (κ3) is 3.47. The van der Waals surface area contributed by atoms with Gasteiger partial charge in [0.2, 0.25) is 0 Å². The summed E-state index contributed by atoms with van der Waals surface area (Å²) in [5.41, 5.74) is 1.28. The fourth-order valence-electron chi connectivity index (χ4n) is 2.07. The second-order valence-corrected chi connectivity index (χ2v) is 6.11. The Hall–Kier alpha value is -2.65. The lowest BCUT2D eigenvalue weighted by atomic mass is 10.2. The summed E-state index contributed by atoms with van der Waals surface area (Å²) in [7, 11) is 1.87. The van der Waals surface area contributed by atoms with E-state index in [1.807, 2.05) is 14.0 Å². The smallest absolute Gasteiger partial charge is 0.277 e. The molecule has 24 heavy (non-hydrogen) atoms. The maximum absolute atomic E-state index is 10.9. The lowest BCUT2D eigenvalue weighted by Gasteiger charge is -2.04. The number of non-ortho nitro benzene ring substituents is 1. The zero-order chi connectivity index (χ0) is 17.1. The lowest BCUT2D eigenvalue weighted by molar-refractivity contribution is -0.384. The van der Waals surface area contributed by atoms with E-state index in [-0.39, 0.29) is 11.7 Å². The molecule has 0 saturated heterocycles. The van der Waals surface area contributed by atoms with Crippen molar-refractivity contribution in [1.82, 2.24) is 20.4 Å². The number of rotatable bonds is 6. The molecule has 0 fully saturated rings. The topological polar surface area (TPSA) is 107 Å². The fraction of sp³-hybridized carbons (Fsp3) is 0.267. The van der Waals surface area contributed by atoms with E-state index in [4.69, 9.17) is 4.52 Å². The number of nitro benzene ring substituents is 1. The molecule has 3 aromatic rings. The van der Waals surface area contributed by atoms with Crippen molar-refractivity contribution in [2.24, 2.45) is 0 Å². The summed E-state index contributed by atoms with van der Waals surface area (Å²) in [4.78, 5) is 19.2. The van der Waals surface area contributed by atoms with E-state index in [1.165, 1.54) is 23.5 Å². The molecule has 9 heteroatoms. The van der Waals surface area contributed by atoms with E-state index in [1.54, 1.807) is 17.5 Å². The maximum Gasteiger partial charge on any atom is 0.277 e. The summed E-state index contributed by atoms with van der Waals surface area (Å²) in [6, 6.07) is 6.61. The third-order valence-corrected chi connectivity index (χ3v) is 4.37. The van der Waals surface area contributed by atoms with E-state index in [9.17, 15) is 10.1 Å². The van der Waals surface area contributed by atoms with Crippen LogP contribution >= 0.6 is 11.3 Å². The molecular weight excluding hydrogens is 330 g/mol. The highest BCUT2D eigenvalue weighted by Crippen LogP contribution is 2.30. The van der Waals surface area contributed by atoms with Gasteiger partial charge in [-0.05, 0) is 14.0 Å². The Bertz CT molecular complexity index is 860. The standard InChI is InChI=1S/C15H15N5O3S/c1-9(16-2)6-13-18-14(23-19-13)12-8-24-15(17-12)10-4-3-5-11(7-10)20(21)22/h3-5,7-9,16H,6H2,1-2H3. The van der Waals surface area contributed by atoms with E-state index >= 15 is 0 Å². The molecule has 1 unspecified atom stereocenters. The van der Waals surface area contributed by atoms with Gasteiger partial charge >= 0.3 is 0 Å². The Morgan fingerprint density at radius 3 is 3.00 bits per heavy atom. The fourth-order valence-corrected chi connectivity index (χ4v) is 2.86. The van der Waals surface area contributed by atoms with Crippen LogP contribution in [0.25, 0.3) is 22.2 Å². The van der Waals surface area contributed by atoms with Crippen LogP contribution in [-0.2, 0) is 6.42 Å². The van der Waals surface area contributed by atoms with Gasteiger partial charge in [0.1, 0.15) is 10.7 Å². The highest BCUT2D eigenvalue weighted by molar-refractivity contribution is 7.13. The van der Waals surface area contributed by atoms with Gasteiger partial charge in [0.05, 0.1) is 4.92 Å². The molecule has 0 bridgehead atoms. The molecule has 0 aliphatic rings. The summed E-state index contributed by atoms with van der Waals surface area (Å²) < 4.78 is 5.25. The molecular formula is C15H15N5O3S. The minimum absolute atomic E-state index is 0.0328. The van der Waals surface area contributed by atoms with Crippen LogP contribution in [-0.4, -0.2) is 33.1 Å². The van der Waals surface area contributed by atoms with Gasteiger partial charge in [-0.15, -0.1) is 11.3 Å². The van der Waals surface area contributed by atoms with Crippen molar-refractivity contribution in [1.29, 1.82) is 0 Å². The predicted octanol–water partition coefficient (Wildman–Crippen LogP) is 2.92. The number of nitro groups is 1. The van der Waals surface area contributed by atoms with E-state index in [0.717, 1.165) is 0 Å². The largest absolute Gasteiger partial charge is 0.332 e. The molecule has 1 aromatic carbocycles. The van der Waals surface area contributed by atoms with Gasteiger partial charge in [0, 0.05) is 35.5 Å². The minimum atomic E-state index is -0.425. The van der Waals surface area contributed by atoms with E-state index < -0.39 is 4.92 Å². The summed E-state index contributed by atoms with van der Waals surface area (Å²) in [6.07, 6.45) is 0.655. The van der Waals surface area contributed by atoms with Crippen LogP contribution < -0.4 is 5.32 Å². The quantitative estimate of drug-likeness (QED) is 0.540. The number of hydrogen-bond acceptors (Lipinski definition) is 8. The molecule has 0 spiro atoms. The van der Waals surface area contributed by atoms with Crippen LogP contribution in [0, 0.1) is 10.1 Å². The number of benzene rings is 1. The monoisotopic (exact) mass is 345 g/mol. The van der Waals surface area contributed by atoms with Crippen molar-refractivity contribution in [2.45, 2.75) is 19.4 Å². The first-order chi connectivity index (χ1) is 11.6. The molecule has 2 aromatic heterocycles. The van der Waals surface area contributed by atoms with Crippen molar-refractivity contribution in [3.05, 3.63) is 45.6 Å². The molecule has 8 nitrogen and oxygen atoms in total. The Kier molecular flexibility index (Phi) is 4.63. The van der Waals surface area contributed by atoms with Gasteiger partial charge in [-0.2, -0.15) is 4.98 Å². The number of thiazole rings is 1. The minimum Gasteiger partial charge on any atom is -0.332 e. The summed E-state index contributed by atoms with van der Waals surface area (Å²) in [6.45, 7) is 2.03. The third-order valence-electron chi connectivity index (χ3n) is 3.48. The lowest BCUT2D eigenvalue weighted by Crippen LogP contribution is -2.24. The first-order valence-corrected chi connectivity index (χ1v) is 8.15. The zero-order valence-electron chi connectivity index (χ0n) is 13.1. The normalized spacial score (nSPS) is 12.2. The van der Waals surface area contributed by atoms with Crippen LogP contribution in [0.4, 0.5) is 5.69 Å². The second kappa shape index (κ2) is 6.85. The van der Waals surface area contributed by atoms with Crippen LogP contribution in [0.2, 0.25) is 0 Å². The van der Waals surface area contributed by atoms with Gasteiger partial charge in [-0.1, -0.05) is 17.3 Å². The summed E-state index contributed by atoms with van der Waals surface area (Å²) >= 11 is 1.37. The first kappa shape index (κ1) is 16.2. The Balaban J connectivity index is 1.83. The molecule has 1 atom stereocenters. The summed E-state index contributed by atoms with van der Waals surface area (Å²) in [5.74, 6) is 0.956. The molecule has 3 rings (SSSR count). The molecule has 0 saturated carbocycles. The SMILES string of the molecule is CNC(C)Cc1noc(-c2csc(-c3cccc([N+](=O)[O-])c3)n2)n1. The Morgan fingerprint density at radius 1 is 1.42 bits per heavy atom. The van der Waals surface area contributed by atoms with Gasteiger partial charge in [0.15, 0.2) is 5.82 Å². The van der Waals surface area contributed by atoms with Gasteiger partial charge < -0.3 is 9.84 Å². The highest BCUT2D eigenvalue weighted by atomic mass is 32.1. The van der Waals surface area contributed by atoms with Crippen molar-refractivity contribution in [3.8, 4) is 22.2 Å². The average molecular weight is 345 g/mol. The average Bonchev–Trinajstić information content (AvgIpc) is 3.24. The number of aromatic nitrogens is 3. The number of nitrogens with one attached hydrogen (secondary N) is 1. The highest BCUT2D eigenvalue weighted by Gasteiger charge is 2.16. The molecule has 124 valence electrons. The molecule has 0 aliphatic heterocycles. The van der Waals surface area contributed by atoms with Crippen molar-refractivity contribution < 1.29 is 9.45 Å². The van der Waals surface area contributed by atoms with E-state index in [2.05, 4.69) is 20.4 Å².